The van der Waals surface area contributed by atoms with E-state index in [1.807, 2.05) is 12.1 Å². The molecule has 0 saturated carbocycles. The van der Waals surface area contributed by atoms with Gasteiger partial charge in [0.05, 0.1) is 21.3 Å². The molecule has 2 aromatic heterocycles. The van der Waals surface area contributed by atoms with Gasteiger partial charge < -0.3 is 24.0 Å². The van der Waals surface area contributed by atoms with Gasteiger partial charge in [-0.1, -0.05) is 5.21 Å². The van der Waals surface area contributed by atoms with E-state index in [1.165, 1.54) is 4.68 Å². The average Bonchev–Trinajstić information content (AvgIpc) is 3.21. The second kappa shape index (κ2) is 7.82. The molecule has 0 radical (unpaired) electrons. The molecule has 152 valence electrons. The Kier molecular flexibility index (Phi) is 5.07. The van der Waals surface area contributed by atoms with Crippen LogP contribution < -0.4 is 19.1 Å². The van der Waals surface area contributed by atoms with Gasteiger partial charge in [0.1, 0.15) is 5.52 Å². The van der Waals surface area contributed by atoms with Crippen molar-refractivity contribution in [2.24, 2.45) is 0 Å². The molecule has 0 bridgehead atoms. The number of hydrogen-bond donors (Lipinski definition) is 0. The Balaban J connectivity index is 1.50. The van der Waals surface area contributed by atoms with E-state index >= 15 is 0 Å². The van der Waals surface area contributed by atoms with Crippen molar-refractivity contribution < 1.29 is 19.0 Å². The normalized spacial score (nSPS) is 14.2. The third-order valence-corrected chi connectivity index (χ3v) is 4.97. The quantitative estimate of drug-likeness (QED) is 0.655. The lowest BCUT2D eigenvalue weighted by Gasteiger charge is -2.36. The van der Waals surface area contributed by atoms with E-state index in [4.69, 9.17) is 14.2 Å². The molecular formula is C19H22N6O4. The number of piperazine rings is 1. The summed E-state index contributed by atoms with van der Waals surface area (Å²) in [5, 5.41) is 7.92. The van der Waals surface area contributed by atoms with E-state index < -0.39 is 0 Å². The highest BCUT2D eigenvalue weighted by Crippen LogP contribution is 2.41. The second-order valence-corrected chi connectivity index (χ2v) is 6.49. The first-order valence-electron chi connectivity index (χ1n) is 9.17. The highest BCUT2D eigenvalue weighted by Gasteiger charge is 2.26. The van der Waals surface area contributed by atoms with E-state index in [-0.39, 0.29) is 6.03 Å². The number of rotatable bonds is 4. The highest BCUT2D eigenvalue weighted by atomic mass is 16.5. The summed E-state index contributed by atoms with van der Waals surface area (Å²) in [5.41, 5.74) is 2.00. The van der Waals surface area contributed by atoms with Crippen LogP contribution in [0.2, 0.25) is 0 Å². The van der Waals surface area contributed by atoms with Crippen LogP contribution in [0.15, 0.2) is 30.5 Å². The van der Waals surface area contributed by atoms with Crippen LogP contribution in [-0.4, -0.2) is 78.4 Å². The molecule has 0 spiro atoms. The maximum Gasteiger partial charge on any atom is 0.346 e. The average molecular weight is 398 g/mol. The first-order valence-corrected chi connectivity index (χ1v) is 9.17. The maximum absolute atomic E-state index is 12.9. The maximum atomic E-state index is 12.9. The molecule has 0 atom stereocenters. The number of ether oxygens (including phenoxy) is 3. The fourth-order valence-corrected chi connectivity index (χ4v) is 3.45. The van der Waals surface area contributed by atoms with Gasteiger partial charge in [-0.3, -0.25) is 0 Å². The molecule has 10 nitrogen and oxygen atoms in total. The van der Waals surface area contributed by atoms with Gasteiger partial charge in [0.25, 0.3) is 0 Å². The molecule has 0 unspecified atom stereocenters. The van der Waals surface area contributed by atoms with Crippen molar-refractivity contribution in [2.45, 2.75) is 0 Å². The van der Waals surface area contributed by atoms with E-state index in [9.17, 15) is 4.79 Å². The van der Waals surface area contributed by atoms with Crippen molar-refractivity contribution in [3.63, 3.8) is 0 Å². The number of carbonyl (C=O) groups excluding carboxylic acids is 1. The molecule has 10 heteroatoms. The van der Waals surface area contributed by atoms with Gasteiger partial charge in [-0.05, 0) is 12.1 Å². The molecule has 1 saturated heterocycles. The van der Waals surface area contributed by atoms with E-state index in [0.717, 1.165) is 5.69 Å². The minimum Gasteiger partial charge on any atom is -0.493 e. The number of carbonyl (C=O) groups is 1. The number of pyridine rings is 1. The van der Waals surface area contributed by atoms with Crippen LogP contribution in [0.1, 0.15) is 0 Å². The molecule has 0 N–H and O–H groups in total. The molecule has 1 aromatic carbocycles. The van der Waals surface area contributed by atoms with Crippen LogP contribution in [0.4, 0.5) is 10.5 Å². The van der Waals surface area contributed by atoms with E-state index in [0.29, 0.717) is 54.6 Å². The number of benzene rings is 1. The minimum absolute atomic E-state index is 0.204. The van der Waals surface area contributed by atoms with Gasteiger partial charge in [0, 0.05) is 50.2 Å². The number of aromatic nitrogens is 4. The van der Waals surface area contributed by atoms with Crippen LogP contribution in [-0.2, 0) is 0 Å². The molecular weight excluding hydrogens is 376 g/mol. The SMILES string of the molecule is COc1cc(N2CCN(C(=O)n3nnc4ncccc43)CC2)cc(OC)c1OC. The monoisotopic (exact) mass is 398 g/mol. The Bertz CT molecular complexity index is 1000. The predicted octanol–water partition coefficient (Wildman–Crippen LogP) is 1.64. The van der Waals surface area contributed by atoms with Crippen LogP contribution in [0.3, 0.4) is 0 Å². The molecule has 1 aliphatic rings. The fraction of sp³-hybridized carbons (Fsp3) is 0.368. The molecule has 1 aliphatic heterocycles. The third kappa shape index (κ3) is 3.37. The lowest BCUT2D eigenvalue weighted by molar-refractivity contribution is 0.193. The zero-order valence-corrected chi connectivity index (χ0v) is 16.5. The Morgan fingerprint density at radius 3 is 2.31 bits per heavy atom. The molecule has 3 aromatic rings. The lowest BCUT2D eigenvalue weighted by atomic mass is 10.2. The molecule has 4 rings (SSSR count). The van der Waals surface area contributed by atoms with Crippen molar-refractivity contribution in [1.82, 2.24) is 24.9 Å². The Morgan fingerprint density at radius 1 is 1.00 bits per heavy atom. The first kappa shape index (κ1) is 18.8. The molecule has 29 heavy (non-hydrogen) atoms. The largest absolute Gasteiger partial charge is 0.493 e. The summed E-state index contributed by atoms with van der Waals surface area (Å²) in [6, 6.07) is 7.17. The molecule has 0 aliphatic carbocycles. The topological polar surface area (TPSA) is 94.8 Å². The Hall–Kier alpha value is -3.56. The van der Waals surface area contributed by atoms with Crippen molar-refractivity contribution in [1.29, 1.82) is 0 Å². The smallest absolute Gasteiger partial charge is 0.346 e. The predicted molar refractivity (Wildman–Crippen MR) is 106 cm³/mol. The second-order valence-electron chi connectivity index (χ2n) is 6.49. The lowest BCUT2D eigenvalue weighted by Crippen LogP contribution is -2.50. The summed E-state index contributed by atoms with van der Waals surface area (Å²) in [7, 11) is 4.76. The highest BCUT2D eigenvalue weighted by molar-refractivity contribution is 5.86. The van der Waals surface area contributed by atoms with Crippen molar-refractivity contribution in [3.05, 3.63) is 30.5 Å². The van der Waals surface area contributed by atoms with Crippen molar-refractivity contribution >= 4 is 22.9 Å². The van der Waals surface area contributed by atoms with E-state index in [1.54, 1.807) is 44.6 Å². The number of hydrogen-bond acceptors (Lipinski definition) is 8. The summed E-state index contributed by atoms with van der Waals surface area (Å²) in [6.07, 6.45) is 1.63. The van der Waals surface area contributed by atoms with Gasteiger partial charge in [-0.15, -0.1) is 5.10 Å². The molecule has 1 amide bonds. The van der Waals surface area contributed by atoms with Crippen molar-refractivity contribution in [3.8, 4) is 17.2 Å². The molecule has 1 fully saturated rings. The van der Waals surface area contributed by atoms with Crippen LogP contribution in [0, 0.1) is 0 Å². The summed E-state index contributed by atoms with van der Waals surface area (Å²) < 4.78 is 17.6. The van der Waals surface area contributed by atoms with Gasteiger partial charge >= 0.3 is 6.03 Å². The Morgan fingerprint density at radius 2 is 1.69 bits per heavy atom. The summed E-state index contributed by atoms with van der Waals surface area (Å²) in [6.45, 7) is 2.43. The molecule has 3 heterocycles. The number of nitrogens with zero attached hydrogens (tertiary/aromatic N) is 6. The number of methoxy groups -OCH3 is 3. The summed E-state index contributed by atoms with van der Waals surface area (Å²) >= 11 is 0. The van der Waals surface area contributed by atoms with Crippen LogP contribution in [0.5, 0.6) is 17.2 Å². The van der Waals surface area contributed by atoms with E-state index in [2.05, 4.69) is 20.2 Å². The standard InChI is InChI=1S/C19H22N6O4/c1-27-15-11-13(12-16(28-2)17(15)29-3)23-7-9-24(10-8-23)19(26)25-14-5-4-6-20-18(14)21-22-25/h4-6,11-12H,7-10H2,1-3H3. The van der Waals surface area contributed by atoms with Gasteiger partial charge in [-0.2, -0.15) is 4.68 Å². The first-order chi connectivity index (χ1) is 14.2. The fourth-order valence-electron chi connectivity index (χ4n) is 3.45. The zero-order chi connectivity index (χ0) is 20.4. The van der Waals surface area contributed by atoms with Gasteiger partial charge in [-0.25, -0.2) is 9.78 Å². The number of fused-ring (bicyclic) bond motifs is 1. The van der Waals surface area contributed by atoms with Crippen molar-refractivity contribution in [2.75, 3.05) is 52.4 Å². The van der Waals surface area contributed by atoms with Gasteiger partial charge in [0.2, 0.25) is 11.4 Å². The summed E-state index contributed by atoms with van der Waals surface area (Å²) in [5.74, 6) is 1.75. The van der Waals surface area contributed by atoms with Gasteiger partial charge in [0.15, 0.2) is 11.5 Å². The van der Waals surface area contributed by atoms with Crippen LogP contribution in [0.25, 0.3) is 11.2 Å². The minimum atomic E-state index is -0.204. The Labute approximate surface area is 167 Å². The van der Waals surface area contributed by atoms with Crippen LogP contribution >= 0.6 is 0 Å². The number of amides is 1. The zero-order valence-electron chi connectivity index (χ0n) is 16.5. The number of anilines is 1. The third-order valence-electron chi connectivity index (χ3n) is 4.97. The summed E-state index contributed by atoms with van der Waals surface area (Å²) in [4.78, 5) is 20.9.